The van der Waals surface area contributed by atoms with Gasteiger partial charge >= 0.3 is 0 Å². The van der Waals surface area contributed by atoms with Crippen LogP contribution in [0.1, 0.15) is 19.7 Å². The number of hydrogen-bond donors (Lipinski definition) is 3. The molecule has 1 aromatic heterocycles. The first-order valence-corrected chi connectivity index (χ1v) is 9.32. The first kappa shape index (κ1) is 20.2. The van der Waals surface area contributed by atoms with Gasteiger partial charge in [-0.15, -0.1) is 0 Å². The smallest absolute Gasteiger partial charge is 0.258 e. The molecule has 0 unspecified atom stereocenters. The SMILES string of the molecule is CCN(CC(=O)Nc1cccc(NC(C)=O)c1)Cc1nc2ccccc2c(=O)[nH]1. The number of aromatic nitrogens is 2. The number of carbonyl (C=O) groups is 2. The summed E-state index contributed by atoms with van der Waals surface area (Å²) in [6.07, 6.45) is 0. The minimum atomic E-state index is -0.199. The Morgan fingerprint density at radius 2 is 1.79 bits per heavy atom. The largest absolute Gasteiger partial charge is 0.326 e. The molecule has 3 N–H and O–H groups in total. The van der Waals surface area contributed by atoms with E-state index in [1.807, 2.05) is 17.9 Å². The van der Waals surface area contributed by atoms with Crippen molar-refractivity contribution in [3.63, 3.8) is 0 Å². The van der Waals surface area contributed by atoms with Crippen LogP contribution in [-0.2, 0) is 16.1 Å². The molecule has 0 aliphatic carbocycles. The van der Waals surface area contributed by atoms with E-state index in [1.54, 1.807) is 42.5 Å². The number of benzene rings is 2. The second-order valence-corrected chi connectivity index (χ2v) is 6.64. The molecule has 150 valence electrons. The van der Waals surface area contributed by atoms with Gasteiger partial charge in [-0.3, -0.25) is 19.3 Å². The van der Waals surface area contributed by atoms with E-state index in [4.69, 9.17) is 0 Å². The van der Waals surface area contributed by atoms with E-state index in [0.717, 1.165) is 0 Å². The fourth-order valence-corrected chi connectivity index (χ4v) is 2.98. The van der Waals surface area contributed by atoms with Gasteiger partial charge in [0.15, 0.2) is 0 Å². The number of likely N-dealkylation sites (N-methyl/N-ethyl adjacent to an activating group) is 1. The number of hydrogen-bond acceptors (Lipinski definition) is 5. The van der Waals surface area contributed by atoms with Gasteiger partial charge in [-0.2, -0.15) is 0 Å². The van der Waals surface area contributed by atoms with Gasteiger partial charge in [0.25, 0.3) is 5.56 Å². The van der Waals surface area contributed by atoms with Gasteiger partial charge in [0.1, 0.15) is 5.82 Å². The number of amides is 2. The van der Waals surface area contributed by atoms with Crippen LogP contribution in [0.3, 0.4) is 0 Å². The topological polar surface area (TPSA) is 107 Å². The Bertz CT molecular complexity index is 1090. The monoisotopic (exact) mass is 393 g/mol. The second kappa shape index (κ2) is 9.11. The summed E-state index contributed by atoms with van der Waals surface area (Å²) in [6, 6.07) is 14.1. The minimum Gasteiger partial charge on any atom is -0.326 e. The maximum atomic E-state index is 12.5. The quantitative estimate of drug-likeness (QED) is 0.571. The van der Waals surface area contributed by atoms with Crippen molar-refractivity contribution in [1.29, 1.82) is 0 Å². The first-order valence-electron chi connectivity index (χ1n) is 9.32. The lowest BCUT2D eigenvalue weighted by Crippen LogP contribution is -2.33. The average molecular weight is 393 g/mol. The highest BCUT2D eigenvalue weighted by atomic mass is 16.2. The molecule has 3 aromatic rings. The predicted octanol–water partition coefficient (Wildman–Crippen LogP) is 2.34. The third-order valence-corrected chi connectivity index (χ3v) is 4.32. The van der Waals surface area contributed by atoms with E-state index in [9.17, 15) is 14.4 Å². The number of nitrogens with zero attached hydrogens (tertiary/aromatic N) is 2. The zero-order valence-electron chi connectivity index (χ0n) is 16.4. The summed E-state index contributed by atoms with van der Waals surface area (Å²) in [5.41, 5.74) is 1.64. The summed E-state index contributed by atoms with van der Waals surface area (Å²) < 4.78 is 0. The van der Waals surface area contributed by atoms with Gasteiger partial charge in [-0.1, -0.05) is 25.1 Å². The molecule has 0 spiro atoms. The van der Waals surface area contributed by atoms with E-state index in [0.29, 0.717) is 41.2 Å². The van der Waals surface area contributed by atoms with E-state index >= 15 is 0 Å². The molecule has 0 fully saturated rings. The van der Waals surface area contributed by atoms with Crippen LogP contribution < -0.4 is 16.2 Å². The molecule has 0 saturated heterocycles. The molecule has 0 atom stereocenters. The van der Waals surface area contributed by atoms with E-state index in [1.165, 1.54) is 6.92 Å². The molecule has 0 aliphatic rings. The number of carbonyl (C=O) groups excluding carboxylic acids is 2. The van der Waals surface area contributed by atoms with Crippen molar-refractivity contribution < 1.29 is 9.59 Å². The van der Waals surface area contributed by atoms with Gasteiger partial charge in [0, 0.05) is 18.3 Å². The fourth-order valence-electron chi connectivity index (χ4n) is 2.98. The van der Waals surface area contributed by atoms with Crippen LogP contribution in [0.5, 0.6) is 0 Å². The zero-order chi connectivity index (χ0) is 20.8. The Labute approximate surface area is 168 Å². The Balaban J connectivity index is 1.66. The van der Waals surface area contributed by atoms with Crippen LogP contribution in [0.4, 0.5) is 11.4 Å². The Morgan fingerprint density at radius 3 is 2.52 bits per heavy atom. The summed E-state index contributed by atoms with van der Waals surface area (Å²) in [5.74, 6) is 0.133. The summed E-state index contributed by atoms with van der Waals surface area (Å²) >= 11 is 0. The summed E-state index contributed by atoms with van der Waals surface area (Å²) in [5, 5.41) is 6.04. The first-order chi connectivity index (χ1) is 13.9. The van der Waals surface area contributed by atoms with Gasteiger partial charge in [0.05, 0.1) is 24.0 Å². The highest BCUT2D eigenvalue weighted by molar-refractivity contribution is 5.94. The molecule has 29 heavy (non-hydrogen) atoms. The Kier molecular flexibility index (Phi) is 6.36. The number of aromatic amines is 1. The molecule has 0 radical (unpaired) electrons. The molecule has 0 saturated carbocycles. The molecule has 0 bridgehead atoms. The Hall–Kier alpha value is -3.52. The van der Waals surface area contributed by atoms with Crippen LogP contribution in [-0.4, -0.2) is 39.8 Å². The normalized spacial score (nSPS) is 10.9. The third kappa shape index (κ3) is 5.49. The fraction of sp³-hybridized carbons (Fsp3) is 0.238. The molecule has 3 rings (SSSR count). The van der Waals surface area contributed by atoms with Gasteiger partial charge in [0.2, 0.25) is 11.8 Å². The van der Waals surface area contributed by atoms with E-state index in [2.05, 4.69) is 20.6 Å². The number of anilines is 2. The number of fused-ring (bicyclic) bond motifs is 1. The predicted molar refractivity (Wildman–Crippen MR) is 113 cm³/mol. The zero-order valence-corrected chi connectivity index (χ0v) is 16.4. The number of para-hydroxylation sites is 1. The van der Waals surface area contributed by atoms with Gasteiger partial charge in [-0.25, -0.2) is 4.98 Å². The number of nitrogens with one attached hydrogen (secondary N) is 3. The molecular weight excluding hydrogens is 370 g/mol. The van der Waals surface area contributed by atoms with Crippen molar-refractivity contribution in [2.75, 3.05) is 23.7 Å². The summed E-state index contributed by atoms with van der Waals surface area (Å²) in [4.78, 5) is 45.0. The standard InChI is InChI=1S/C21H23N5O3/c1-3-26(12-19-24-18-10-5-4-9-17(18)21(29)25-19)13-20(28)23-16-8-6-7-15(11-16)22-14(2)27/h4-11H,3,12-13H2,1-2H3,(H,22,27)(H,23,28)(H,24,25,29). The maximum absolute atomic E-state index is 12.5. The summed E-state index contributed by atoms with van der Waals surface area (Å²) in [7, 11) is 0. The molecule has 8 nitrogen and oxygen atoms in total. The van der Waals surface area contributed by atoms with Crippen LogP contribution in [0.15, 0.2) is 53.3 Å². The lowest BCUT2D eigenvalue weighted by atomic mass is 10.2. The van der Waals surface area contributed by atoms with Crippen LogP contribution in [0, 0.1) is 0 Å². The van der Waals surface area contributed by atoms with Gasteiger partial charge < -0.3 is 15.6 Å². The van der Waals surface area contributed by atoms with Crippen LogP contribution >= 0.6 is 0 Å². The van der Waals surface area contributed by atoms with Crippen molar-refractivity contribution in [2.24, 2.45) is 0 Å². The van der Waals surface area contributed by atoms with Crippen molar-refractivity contribution in [1.82, 2.24) is 14.9 Å². The minimum absolute atomic E-state index is 0.136. The number of H-pyrrole nitrogens is 1. The molecule has 0 aliphatic heterocycles. The molecule has 1 heterocycles. The third-order valence-electron chi connectivity index (χ3n) is 4.32. The van der Waals surface area contributed by atoms with Crippen molar-refractivity contribution in [3.8, 4) is 0 Å². The highest BCUT2D eigenvalue weighted by Crippen LogP contribution is 2.15. The molecular formula is C21H23N5O3. The molecule has 8 heteroatoms. The average Bonchev–Trinajstić information content (AvgIpc) is 2.67. The van der Waals surface area contributed by atoms with Gasteiger partial charge in [-0.05, 0) is 36.9 Å². The lowest BCUT2D eigenvalue weighted by Gasteiger charge is -2.19. The van der Waals surface area contributed by atoms with E-state index in [-0.39, 0.29) is 23.9 Å². The van der Waals surface area contributed by atoms with Crippen LogP contribution in [0.2, 0.25) is 0 Å². The maximum Gasteiger partial charge on any atom is 0.258 e. The number of rotatable bonds is 7. The second-order valence-electron chi connectivity index (χ2n) is 6.64. The lowest BCUT2D eigenvalue weighted by molar-refractivity contribution is -0.117. The highest BCUT2D eigenvalue weighted by Gasteiger charge is 2.13. The van der Waals surface area contributed by atoms with Crippen molar-refractivity contribution in [2.45, 2.75) is 20.4 Å². The molecule has 2 amide bonds. The van der Waals surface area contributed by atoms with Crippen molar-refractivity contribution >= 4 is 34.1 Å². The molecule has 2 aromatic carbocycles. The summed E-state index contributed by atoms with van der Waals surface area (Å²) in [6.45, 7) is 4.45. The van der Waals surface area contributed by atoms with Crippen molar-refractivity contribution in [3.05, 3.63) is 64.7 Å². The van der Waals surface area contributed by atoms with Crippen LogP contribution in [0.25, 0.3) is 10.9 Å². The van der Waals surface area contributed by atoms with E-state index < -0.39 is 0 Å². The Morgan fingerprint density at radius 1 is 1.07 bits per heavy atom.